The summed E-state index contributed by atoms with van der Waals surface area (Å²) in [6.45, 7) is 0. The van der Waals surface area contributed by atoms with Crippen molar-refractivity contribution in [3.05, 3.63) is 156 Å². The molecule has 0 aliphatic carbocycles. The van der Waals surface area contributed by atoms with Gasteiger partial charge in [-0.05, 0) is 75.3 Å². The normalized spacial score (nSPS) is 11.5. The van der Waals surface area contributed by atoms with Crippen LogP contribution in [0.3, 0.4) is 0 Å². The van der Waals surface area contributed by atoms with E-state index in [1.54, 1.807) is 43.5 Å². The quantitative estimate of drug-likeness (QED) is 0.179. The van der Waals surface area contributed by atoms with Crippen LogP contribution in [0.25, 0.3) is 0 Å². The number of hydrogen-bond donors (Lipinski definition) is 1. The molecule has 5 aromatic carbocycles. The summed E-state index contributed by atoms with van der Waals surface area (Å²) in [7, 11) is -0.482. The number of aromatic hydroxyl groups is 1. The molecule has 0 radical (unpaired) electrons. The maximum absolute atomic E-state index is 12.9. The highest BCUT2D eigenvalue weighted by Crippen LogP contribution is 2.46. The minimum absolute atomic E-state index is 0.213. The third-order valence-corrected chi connectivity index (χ3v) is 7.57. The van der Waals surface area contributed by atoms with E-state index < -0.39 is 13.4 Å². The Morgan fingerprint density at radius 1 is 0.568 bits per heavy atom. The number of benzene rings is 5. The van der Waals surface area contributed by atoms with Gasteiger partial charge in [0.2, 0.25) is 5.30 Å². The van der Waals surface area contributed by atoms with Crippen LogP contribution in [0.5, 0.6) is 17.2 Å². The topological polar surface area (TPSA) is 55.8 Å². The van der Waals surface area contributed by atoms with Gasteiger partial charge in [-0.1, -0.05) is 84.9 Å². The number of ether oxygens (including phenoxy) is 1. The molecule has 1 unspecified atom stereocenters. The predicted molar refractivity (Wildman–Crippen MR) is 147 cm³/mol. The molecule has 0 aliphatic heterocycles. The molecule has 0 fully saturated rings. The zero-order valence-electron chi connectivity index (χ0n) is 20.3. The zero-order chi connectivity index (χ0) is 25.7. The second-order valence-corrected chi connectivity index (χ2v) is 9.81. The lowest BCUT2D eigenvalue weighted by Crippen LogP contribution is -2.30. The van der Waals surface area contributed by atoms with E-state index in [9.17, 15) is 9.67 Å². The summed E-state index contributed by atoms with van der Waals surface area (Å²) in [6, 6.07) is 42.7. The second kappa shape index (κ2) is 10.7. The summed E-state index contributed by atoms with van der Waals surface area (Å²) in [5.74, 6) is 1.43. The van der Waals surface area contributed by atoms with Gasteiger partial charge in [0.15, 0.2) is 5.75 Å². The molecule has 0 bridgehead atoms. The van der Waals surface area contributed by atoms with Crippen LogP contribution in [0.15, 0.2) is 133 Å². The van der Waals surface area contributed by atoms with Crippen molar-refractivity contribution in [3.63, 3.8) is 0 Å². The monoisotopic (exact) mass is 505 g/mol. The Morgan fingerprint density at radius 2 is 1.00 bits per heavy atom. The van der Waals surface area contributed by atoms with E-state index in [1.165, 1.54) is 0 Å². The predicted octanol–water partition coefficient (Wildman–Crippen LogP) is 7.23. The van der Waals surface area contributed by atoms with E-state index in [0.717, 1.165) is 22.3 Å². The van der Waals surface area contributed by atoms with Gasteiger partial charge >= 0.3 is 8.03 Å². The fraction of sp³-hybridized carbons (Fsp3) is 0.0625. The summed E-state index contributed by atoms with van der Waals surface area (Å²) in [5, 5.41) is 10.6. The van der Waals surface area contributed by atoms with Crippen LogP contribution >= 0.6 is 8.03 Å². The molecule has 5 heteroatoms. The van der Waals surface area contributed by atoms with Crippen molar-refractivity contribution in [2.24, 2.45) is 0 Å². The largest absolute Gasteiger partial charge is 0.597 e. The molecule has 0 saturated heterocycles. The fourth-order valence-corrected chi connectivity index (χ4v) is 5.52. The number of methoxy groups -OCH3 is 1. The maximum atomic E-state index is 12.9. The van der Waals surface area contributed by atoms with Gasteiger partial charge in [0, 0.05) is 0 Å². The van der Waals surface area contributed by atoms with E-state index in [0.29, 0.717) is 16.8 Å². The molecule has 0 aromatic heterocycles. The van der Waals surface area contributed by atoms with Crippen molar-refractivity contribution < 1.29 is 18.9 Å². The van der Waals surface area contributed by atoms with Gasteiger partial charge in [-0.3, -0.25) is 4.52 Å². The standard InChI is InChI=1S/C32H25O4P/c1-35-29-20-22-31(23-21-29)37(34)36-30-18-14-27(15-19-30)32(24-8-4-2-5-9-24,25-10-6-3-7-11-25)26-12-16-28(33)17-13-26/h2-23H,1H3/p+1. The molecule has 0 spiro atoms. The SMILES string of the molecule is COc1ccc([P+](=O)Oc2ccc(C(c3ccccc3)(c3ccccc3)c3ccc(O)cc3)cc2)cc1. The van der Waals surface area contributed by atoms with Crippen LogP contribution in [0.4, 0.5) is 0 Å². The van der Waals surface area contributed by atoms with Gasteiger partial charge in [-0.15, -0.1) is 0 Å². The van der Waals surface area contributed by atoms with Crippen molar-refractivity contribution in [1.29, 1.82) is 0 Å². The molecule has 0 heterocycles. The Labute approximate surface area is 217 Å². The summed E-state index contributed by atoms with van der Waals surface area (Å²) in [4.78, 5) is 0. The van der Waals surface area contributed by atoms with Gasteiger partial charge in [0.25, 0.3) is 0 Å². The molecule has 4 nitrogen and oxygen atoms in total. The van der Waals surface area contributed by atoms with Crippen molar-refractivity contribution >= 4 is 13.3 Å². The lowest BCUT2D eigenvalue weighted by Gasteiger charge is -2.36. The van der Waals surface area contributed by atoms with Crippen molar-refractivity contribution in [2.45, 2.75) is 5.41 Å². The van der Waals surface area contributed by atoms with E-state index in [-0.39, 0.29) is 5.75 Å². The number of rotatable bonds is 8. The first kappa shape index (κ1) is 24.3. The Kier molecular flexibility index (Phi) is 7.02. The smallest absolute Gasteiger partial charge is 0.508 e. The third-order valence-electron chi connectivity index (χ3n) is 6.47. The summed E-state index contributed by atoms with van der Waals surface area (Å²) in [5.41, 5.74) is 3.56. The Balaban J connectivity index is 1.59. The highest BCUT2D eigenvalue weighted by molar-refractivity contribution is 7.48. The summed E-state index contributed by atoms with van der Waals surface area (Å²) >= 11 is 0. The number of phenols is 1. The van der Waals surface area contributed by atoms with E-state index in [4.69, 9.17) is 9.26 Å². The van der Waals surface area contributed by atoms with Crippen molar-refractivity contribution in [2.75, 3.05) is 7.11 Å². The first-order valence-electron chi connectivity index (χ1n) is 11.9. The fourth-order valence-electron chi connectivity index (χ4n) is 4.71. The summed E-state index contributed by atoms with van der Waals surface area (Å²) < 4.78 is 23.8. The zero-order valence-corrected chi connectivity index (χ0v) is 21.2. The molecule has 5 aromatic rings. The average Bonchev–Trinajstić information content (AvgIpc) is 2.96. The van der Waals surface area contributed by atoms with E-state index >= 15 is 0 Å². The Hall–Kier alpha value is -4.40. The van der Waals surface area contributed by atoms with Gasteiger partial charge in [0.05, 0.1) is 12.5 Å². The van der Waals surface area contributed by atoms with Crippen LogP contribution in [0.1, 0.15) is 22.3 Å². The van der Waals surface area contributed by atoms with Crippen LogP contribution in [-0.4, -0.2) is 12.2 Å². The second-order valence-electron chi connectivity index (χ2n) is 8.60. The highest BCUT2D eigenvalue weighted by atomic mass is 31.1. The van der Waals surface area contributed by atoms with Crippen molar-refractivity contribution in [1.82, 2.24) is 0 Å². The average molecular weight is 506 g/mol. The molecule has 37 heavy (non-hydrogen) atoms. The summed E-state index contributed by atoms with van der Waals surface area (Å²) in [6.07, 6.45) is 0. The lowest BCUT2D eigenvalue weighted by atomic mass is 9.65. The molecule has 0 aliphatic rings. The molecular formula is C32H26O4P+. The molecule has 1 N–H and O–H groups in total. The maximum Gasteiger partial charge on any atom is 0.597 e. The van der Waals surface area contributed by atoms with Crippen LogP contribution in [-0.2, 0) is 9.98 Å². The lowest BCUT2D eigenvalue weighted by molar-refractivity contribution is 0.415. The third kappa shape index (κ3) is 4.84. The van der Waals surface area contributed by atoms with E-state index in [2.05, 4.69) is 24.3 Å². The number of phenolic OH excluding ortho intramolecular Hbond substituents is 1. The molecule has 5 rings (SSSR count). The van der Waals surface area contributed by atoms with Gasteiger partial charge in [0.1, 0.15) is 11.5 Å². The molecule has 0 amide bonds. The minimum atomic E-state index is -2.08. The van der Waals surface area contributed by atoms with E-state index in [1.807, 2.05) is 72.8 Å². The van der Waals surface area contributed by atoms with Crippen molar-refractivity contribution in [3.8, 4) is 17.2 Å². The Bertz CT molecular complexity index is 1430. The number of hydrogen-bond acceptors (Lipinski definition) is 4. The van der Waals surface area contributed by atoms with Crippen LogP contribution in [0.2, 0.25) is 0 Å². The molecular weight excluding hydrogens is 479 g/mol. The minimum Gasteiger partial charge on any atom is -0.508 e. The van der Waals surface area contributed by atoms with Gasteiger partial charge in [-0.25, -0.2) is 0 Å². The molecule has 1 atom stereocenters. The molecule has 0 saturated carbocycles. The van der Waals surface area contributed by atoms with Gasteiger partial charge in [-0.2, -0.15) is 0 Å². The molecule has 182 valence electrons. The first-order valence-corrected chi connectivity index (χ1v) is 13.1. The van der Waals surface area contributed by atoms with Crippen LogP contribution in [0, 0.1) is 0 Å². The van der Waals surface area contributed by atoms with Crippen LogP contribution < -0.4 is 14.6 Å². The van der Waals surface area contributed by atoms with Gasteiger partial charge < -0.3 is 9.84 Å². The Morgan fingerprint density at radius 3 is 1.49 bits per heavy atom. The highest BCUT2D eigenvalue weighted by Gasteiger charge is 2.38. The first-order chi connectivity index (χ1) is 18.1.